The number of nitrogens with zero attached hydrogens (tertiary/aromatic N) is 3. The molecule has 1 fully saturated rings. The van der Waals surface area contributed by atoms with Crippen molar-refractivity contribution in [1.82, 2.24) is 14.9 Å². The van der Waals surface area contributed by atoms with Crippen molar-refractivity contribution in [2.75, 3.05) is 26.7 Å². The molecule has 0 amide bonds. The van der Waals surface area contributed by atoms with Gasteiger partial charge in [-0.1, -0.05) is 6.42 Å². The maximum Gasteiger partial charge on any atom is 0.303 e. The lowest BCUT2D eigenvalue weighted by Gasteiger charge is -2.38. The predicted molar refractivity (Wildman–Crippen MR) is 143 cm³/mol. The average molecular weight is 508 g/mol. The number of aromatic nitrogens is 2. The Bertz CT molecular complexity index is 1140. The maximum atomic E-state index is 15.5. The molecule has 7 heteroatoms. The first kappa shape index (κ1) is 27.0. The molecule has 37 heavy (non-hydrogen) atoms. The van der Waals surface area contributed by atoms with Gasteiger partial charge in [0, 0.05) is 36.9 Å². The number of carboxylic acid groups (broad SMARTS) is 1. The van der Waals surface area contributed by atoms with Gasteiger partial charge in [-0.05, 0) is 111 Å². The van der Waals surface area contributed by atoms with Crippen molar-refractivity contribution < 1.29 is 19.0 Å². The van der Waals surface area contributed by atoms with Crippen LogP contribution in [0.1, 0.15) is 62.2 Å². The van der Waals surface area contributed by atoms with E-state index in [1.807, 2.05) is 30.6 Å². The van der Waals surface area contributed by atoms with Crippen LogP contribution in [0.3, 0.4) is 0 Å². The quantitative estimate of drug-likeness (QED) is 0.276. The number of pyridine rings is 2. The molecule has 198 valence electrons. The van der Waals surface area contributed by atoms with Crippen LogP contribution in [0, 0.1) is 11.8 Å². The minimum absolute atomic E-state index is 0.0598. The molecule has 1 saturated heterocycles. The van der Waals surface area contributed by atoms with E-state index in [1.54, 1.807) is 19.4 Å². The number of aliphatic carboxylic acids is 1. The summed E-state index contributed by atoms with van der Waals surface area (Å²) < 4.78 is 20.8. The summed E-state index contributed by atoms with van der Waals surface area (Å²) in [5, 5.41) is 10.3. The normalized spacial score (nSPS) is 19.1. The zero-order valence-corrected chi connectivity index (χ0v) is 21.7. The standard InChI is InChI=1S/C30H38FN3O3/c1-37-25-7-9-29-27(20-25)26(12-16-33-29)28(31)8-6-23-13-18-34(21-24(23)19-30(35)36)17-4-2-3-5-22-10-14-32-15-11-22/h7,9-12,14-16,20,23-24,28H,2-6,8,13,17-19,21H2,1H3,(H,35,36)/t23-,24+,28+/m1/s1. The molecule has 0 spiro atoms. The zero-order chi connectivity index (χ0) is 26.0. The number of hydrogen-bond donors (Lipinski definition) is 1. The number of benzene rings is 1. The smallest absolute Gasteiger partial charge is 0.303 e. The van der Waals surface area contributed by atoms with E-state index in [0.29, 0.717) is 24.2 Å². The number of piperidine rings is 1. The predicted octanol–water partition coefficient (Wildman–Crippen LogP) is 6.26. The second-order valence-corrected chi connectivity index (χ2v) is 10.2. The van der Waals surface area contributed by atoms with Crippen molar-refractivity contribution in [2.45, 2.75) is 57.5 Å². The molecule has 0 radical (unpaired) electrons. The van der Waals surface area contributed by atoms with Crippen LogP contribution >= 0.6 is 0 Å². The van der Waals surface area contributed by atoms with Crippen LogP contribution in [0.25, 0.3) is 10.9 Å². The maximum absolute atomic E-state index is 15.5. The van der Waals surface area contributed by atoms with Gasteiger partial charge in [0.2, 0.25) is 0 Å². The van der Waals surface area contributed by atoms with E-state index in [-0.39, 0.29) is 18.3 Å². The molecule has 1 aliphatic heterocycles. The third-order valence-corrected chi connectivity index (χ3v) is 7.71. The number of alkyl halides is 1. The Hall–Kier alpha value is -3.06. The van der Waals surface area contributed by atoms with E-state index in [9.17, 15) is 9.90 Å². The Morgan fingerprint density at radius 2 is 1.97 bits per heavy atom. The van der Waals surface area contributed by atoms with Crippen molar-refractivity contribution >= 4 is 16.9 Å². The monoisotopic (exact) mass is 507 g/mol. The summed E-state index contributed by atoms with van der Waals surface area (Å²) in [7, 11) is 1.60. The number of hydrogen-bond acceptors (Lipinski definition) is 5. The van der Waals surface area contributed by atoms with E-state index in [0.717, 1.165) is 62.6 Å². The number of unbranched alkanes of at least 4 members (excludes halogenated alkanes) is 2. The Morgan fingerprint density at radius 3 is 2.76 bits per heavy atom. The number of ether oxygens (including phenoxy) is 1. The van der Waals surface area contributed by atoms with Gasteiger partial charge in [-0.15, -0.1) is 0 Å². The number of carbonyl (C=O) groups is 1. The molecule has 3 aromatic rings. The van der Waals surface area contributed by atoms with Crippen molar-refractivity contribution in [1.29, 1.82) is 0 Å². The van der Waals surface area contributed by atoms with Crippen LogP contribution in [-0.4, -0.2) is 52.7 Å². The third kappa shape index (κ3) is 7.71. The van der Waals surface area contributed by atoms with Gasteiger partial charge >= 0.3 is 5.97 Å². The molecule has 3 atom stereocenters. The summed E-state index contributed by atoms with van der Waals surface area (Å²) >= 11 is 0. The van der Waals surface area contributed by atoms with E-state index in [2.05, 4.69) is 27.0 Å². The largest absolute Gasteiger partial charge is 0.497 e. The first-order valence-corrected chi connectivity index (χ1v) is 13.4. The average Bonchev–Trinajstić information content (AvgIpc) is 2.91. The van der Waals surface area contributed by atoms with Gasteiger partial charge in [-0.3, -0.25) is 14.8 Å². The van der Waals surface area contributed by atoms with Crippen LogP contribution in [0.2, 0.25) is 0 Å². The lowest BCUT2D eigenvalue weighted by Crippen LogP contribution is -2.41. The van der Waals surface area contributed by atoms with E-state index >= 15 is 4.39 Å². The second kappa shape index (κ2) is 13.5. The fourth-order valence-electron chi connectivity index (χ4n) is 5.65. The van der Waals surface area contributed by atoms with Crippen molar-refractivity contribution in [3.63, 3.8) is 0 Å². The second-order valence-electron chi connectivity index (χ2n) is 10.2. The molecule has 0 aliphatic carbocycles. The number of rotatable bonds is 13. The van der Waals surface area contributed by atoms with Crippen molar-refractivity contribution in [3.05, 3.63) is 66.1 Å². The molecule has 0 bridgehead atoms. The van der Waals surface area contributed by atoms with Gasteiger partial charge in [-0.2, -0.15) is 0 Å². The highest BCUT2D eigenvalue weighted by atomic mass is 19.1. The highest BCUT2D eigenvalue weighted by Gasteiger charge is 2.31. The summed E-state index contributed by atoms with van der Waals surface area (Å²) in [5.74, 6) is 0.197. The first-order valence-electron chi connectivity index (χ1n) is 13.4. The van der Waals surface area contributed by atoms with Crippen LogP contribution in [0.5, 0.6) is 5.75 Å². The Labute approximate surface area is 218 Å². The number of fused-ring (bicyclic) bond motifs is 1. The summed E-state index contributed by atoms with van der Waals surface area (Å²) in [6, 6.07) is 11.4. The molecule has 1 N–H and O–H groups in total. The molecular weight excluding hydrogens is 469 g/mol. The number of halogens is 1. The topological polar surface area (TPSA) is 75.5 Å². The van der Waals surface area contributed by atoms with Gasteiger partial charge in [-0.25, -0.2) is 4.39 Å². The van der Waals surface area contributed by atoms with E-state index in [4.69, 9.17) is 4.74 Å². The van der Waals surface area contributed by atoms with Crippen LogP contribution in [0.15, 0.2) is 55.0 Å². The molecule has 0 saturated carbocycles. The van der Waals surface area contributed by atoms with Crippen molar-refractivity contribution in [3.8, 4) is 5.75 Å². The van der Waals surface area contributed by atoms with Gasteiger partial charge in [0.1, 0.15) is 11.9 Å². The zero-order valence-electron chi connectivity index (χ0n) is 21.7. The van der Waals surface area contributed by atoms with Crippen LogP contribution in [0.4, 0.5) is 4.39 Å². The summed E-state index contributed by atoms with van der Waals surface area (Å²) in [5.41, 5.74) is 2.70. The highest BCUT2D eigenvalue weighted by molar-refractivity contribution is 5.83. The highest BCUT2D eigenvalue weighted by Crippen LogP contribution is 2.36. The third-order valence-electron chi connectivity index (χ3n) is 7.71. The summed E-state index contributed by atoms with van der Waals surface area (Å²) in [6.45, 7) is 2.74. The van der Waals surface area contributed by atoms with Gasteiger partial charge in [0.05, 0.1) is 12.6 Å². The van der Waals surface area contributed by atoms with Gasteiger partial charge < -0.3 is 14.7 Å². The number of methoxy groups -OCH3 is 1. The molecule has 0 unspecified atom stereocenters. The van der Waals surface area contributed by atoms with Crippen molar-refractivity contribution in [2.24, 2.45) is 11.8 Å². The van der Waals surface area contributed by atoms with Gasteiger partial charge in [0.25, 0.3) is 0 Å². The SMILES string of the molecule is COc1ccc2nccc([C@@H](F)CC[C@@H]3CCN(CCCCCc4ccncc4)C[C@@H]3CC(=O)O)c2c1. The Kier molecular flexibility index (Phi) is 9.83. The van der Waals surface area contributed by atoms with E-state index in [1.165, 1.54) is 5.56 Å². The molecule has 6 nitrogen and oxygen atoms in total. The minimum Gasteiger partial charge on any atom is -0.497 e. The molecular formula is C30H38FN3O3. The molecule has 2 aromatic heterocycles. The van der Waals surface area contributed by atoms with Gasteiger partial charge in [0.15, 0.2) is 0 Å². The number of carboxylic acids is 1. The fraction of sp³-hybridized carbons (Fsp3) is 0.500. The minimum atomic E-state index is -1.12. The Morgan fingerprint density at radius 1 is 1.14 bits per heavy atom. The molecule has 1 aromatic carbocycles. The lowest BCUT2D eigenvalue weighted by molar-refractivity contribution is -0.139. The number of aryl methyl sites for hydroxylation is 1. The lowest BCUT2D eigenvalue weighted by atomic mass is 9.79. The Balaban J connectivity index is 1.28. The molecule has 4 rings (SSSR count). The molecule has 1 aliphatic rings. The summed E-state index contributed by atoms with van der Waals surface area (Å²) in [6.07, 6.45) is 10.8. The fourth-order valence-corrected chi connectivity index (χ4v) is 5.65. The summed E-state index contributed by atoms with van der Waals surface area (Å²) in [4.78, 5) is 22.4. The van der Waals surface area contributed by atoms with Crippen LogP contribution in [-0.2, 0) is 11.2 Å². The first-order chi connectivity index (χ1) is 18.0. The van der Waals surface area contributed by atoms with Crippen LogP contribution < -0.4 is 4.74 Å². The van der Waals surface area contributed by atoms with E-state index < -0.39 is 12.1 Å². The molecule has 3 heterocycles. The number of likely N-dealkylation sites (tertiary alicyclic amines) is 1.